The van der Waals surface area contributed by atoms with E-state index < -0.39 is 0 Å². The van der Waals surface area contributed by atoms with Gasteiger partial charge in [-0.1, -0.05) is 36.4 Å². The minimum absolute atomic E-state index is 0.925. The summed E-state index contributed by atoms with van der Waals surface area (Å²) in [5, 5.41) is 0. The Labute approximate surface area is 107 Å². The van der Waals surface area contributed by atoms with E-state index in [9.17, 15) is 0 Å². The SMILES string of the molecule is Cc1ccccc1Cn1c[n+](C)c2ccccc21. The smallest absolute Gasteiger partial charge is 0.233 e. The number of fused-ring (bicyclic) bond motifs is 1. The maximum Gasteiger partial charge on any atom is 0.244 e. The van der Waals surface area contributed by atoms with Gasteiger partial charge in [0.05, 0.1) is 7.05 Å². The predicted molar refractivity (Wildman–Crippen MR) is 73.4 cm³/mol. The van der Waals surface area contributed by atoms with Crippen molar-refractivity contribution in [2.45, 2.75) is 13.5 Å². The summed E-state index contributed by atoms with van der Waals surface area (Å²) >= 11 is 0. The largest absolute Gasteiger partial charge is 0.244 e. The fraction of sp³-hybridized carbons (Fsp3) is 0.188. The maximum absolute atomic E-state index is 2.30. The molecule has 2 nitrogen and oxygen atoms in total. The number of nitrogens with zero attached hydrogens (tertiary/aromatic N) is 2. The molecular formula is C16H17N2+. The fourth-order valence-corrected chi connectivity index (χ4v) is 2.44. The minimum Gasteiger partial charge on any atom is -0.233 e. The minimum atomic E-state index is 0.925. The number of para-hydroxylation sites is 2. The van der Waals surface area contributed by atoms with Gasteiger partial charge >= 0.3 is 0 Å². The van der Waals surface area contributed by atoms with Gasteiger partial charge in [0.15, 0.2) is 11.0 Å². The first kappa shape index (κ1) is 11.0. The quantitative estimate of drug-likeness (QED) is 0.606. The van der Waals surface area contributed by atoms with Crippen molar-refractivity contribution in [2.75, 3.05) is 0 Å². The van der Waals surface area contributed by atoms with Crippen molar-refractivity contribution in [2.24, 2.45) is 7.05 Å². The van der Waals surface area contributed by atoms with E-state index >= 15 is 0 Å². The number of aryl methyl sites for hydroxylation is 2. The molecule has 2 aromatic carbocycles. The third-order valence-electron chi connectivity index (χ3n) is 3.49. The van der Waals surface area contributed by atoms with E-state index in [2.05, 4.69) is 78.0 Å². The maximum atomic E-state index is 2.30. The van der Waals surface area contributed by atoms with Crippen molar-refractivity contribution < 1.29 is 4.57 Å². The average molecular weight is 237 g/mol. The molecule has 0 aliphatic rings. The van der Waals surface area contributed by atoms with Crippen LogP contribution >= 0.6 is 0 Å². The highest BCUT2D eigenvalue weighted by molar-refractivity contribution is 5.71. The molecule has 90 valence electrons. The lowest BCUT2D eigenvalue weighted by atomic mass is 10.1. The van der Waals surface area contributed by atoms with Crippen molar-refractivity contribution in [3.05, 3.63) is 66.0 Å². The highest BCUT2D eigenvalue weighted by atomic mass is 15.1. The molecule has 0 N–H and O–H groups in total. The van der Waals surface area contributed by atoms with Gasteiger partial charge in [0.25, 0.3) is 0 Å². The van der Waals surface area contributed by atoms with E-state index in [1.54, 1.807) is 0 Å². The summed E-state index contributed by atoms with van der Waals surface area (Å²) < 4.78 is 4.48. The highest BCUT2D eigenvalue weighted by Crippen LogP contribution is 2.14. The number of rotatable bonds is 2. The van der Waals surface area contributed by atoms with Crippen molar-refractivity contribution in [1.82, 2.24) is 4.57 Å². The molecule has 0 atom stereocenters. The molecule has 0 unspecified atom stereocenters. The summed E-state index contributed by atoms with van der Waals surface area (Å²) in [6, 6.07) is 17.1. The van der Waals surface area contributed by atoms with Crippen LogP contribution in [-0.4, -0.2) is 4.57 Å². The molecule has 0 saturated carbocycles. The highest BCUT2D eigenvalue weighted by Gasteiger charge is 2.12. The van der Waals surface area contributed by atoms with Crippen molar-refractivity contribution in [1.29, 1.82) is 0 Å². The van der Waals surface area contributed by atoms with Gasteiger partial charge in [-0.2, -0.15) is 0 Å². The van der Waals surface area contributed by atoms with Crippen LogP contribution in [0.4, 0.5) is 0 Å². The van der Waals surface area contributed by atoms with Crippen LogP contribution in [0, 0.1) is 6.92 Å². The van der Waals surface area contributed by atoms with Crippen LogP contribution in [0.25, 0.3) is 11.0 Å². The van der Waals surface area contributed by atoms with Gasteiger partial charge in [-0.05, 0) is 30.2 Å². The van der Waals surface area contributed by atoms with Crippen LogP contribution in [0.1, 0.15) is 11.1 Å². The van der Waals surface area contributed by atoms with Crippen molar-refractivity contribution in [3.8, 4) is 0 Å². The Morgan fingerprint density at radius 3 is 2.56 bits per heavy atom. The van der Waals surface area contributed by atoms with Crippen LogP contribution < -0.4 is 4.57 Å². The van der Waals surface area contributed by atoms with Crippen LogP contribution in [0.2, 0.25) is 0 Å². The Morgan fingerprint density at radius 1 is 1.00 bits per heavy atom. The normalized spacial score (nSPS) is 11.0. The molecule has 1 aromatic heterocycles. The van der Waals surface area contributed by atoms with Gasteiger partial charge in [0, 0.05) is 0 Å². The average Bonchev–Trinajstić information content (AvgIpc) is 2.70. The Hall–Kier alpha value is -2.09. The topological polar surface area (TPSA) is 8.81 Å². The zero-order chi connectivity index (χ0) is 12.5. The number of imidazole rings is 1. The summed E-state index contributed by atoms with van der Waals surface area (Å²) in [5.41, 5.74) is 5.27. The molecule has 0 radical (unpaired) electrons. The molecule has 18 heavy (non-hydrogen) atoms. The lowest BCUT2D eigenvalue weighted by Gasteiger charge is -2.02. The van der Waals surface area contributed by atoms with E-state index in [-0.39, 0.29) is 0 Å². The Bertz CT molecular complexity index is 695. The molecule has 0 spiro atoms. The van der Waals surface area contributed by atoms with Crippen LogP contribution in [0.5, 0.6) is 0 Å². The number of hydrogen-bond acceptors (Lipinski definition) is 0. The molecule has 0 aliphatic heterocycles. The molecule has 3 aromatic rings. The molecule has 0 fully saturated rings. The van der Waals surface area contributed by atoms with Crippen molar-refractivity contribution >= 4 is 11.0 Å². The number of aromatic nitrogens is 2. The van der Waals surface area contributed by atoms with E-state index in [1.807, 2.05) is 0 Å². The first-order valence-corrected chi connectivity index (χ1v) is 6.24. The predicted octanol–water partition coefficient (Wildman–Crippen LogP) is 2.82. The zero-order valence-corrected chi connectivity index (χ0v) is 10.8. The standard InChI is InChI=1S/C16H17N2/c1-13-7-3-4-8-14(13)11-18-12-17(2)15-9-5-6-10-16(15)18/h3-10,12H,11H2,1-2H3/q+1. The van der Waals surface area contributed by atoms with Crippen molar-refractivity contribution in [3.63, 3.8) is 0 Å². The first-order valence-electron chi connectivity index (χ1n) is 6.24. The fourth-order valence-electron chi connectivity index (χ4n) is 2.44. The second-order valence-corrected chi connectivity index (χ2v) is 4.77. The summed E-state index contributed by atoms with van der Waals surface area (Å²) in [6.45, 7) is 3.09. The van der Waals surface area contributed by atoms with Gasteiger partial charge in [0.1, 0.15) is 6.54 Å². The van der Waals surface area contributed by atoms with Crippen LogP contribution in [-0.2, 0) is 13.6 Å². The van der Waals surface area contributed by atoms with E-state index in [1.165, 1.54) is 22.2 Å². The third-order valence-corrected chi connectivity index (χ3v) is 3.49. The summed E-state index contributed by atoms with van der Waals surface area (Å²) in [4.78, 5) is 0. The summed E-state index contributed by atoms with van der Waals surface area (Å²) in [7, 11) is 2.09. The molecule has 0 amide bonds. The molecular weight excluding hydrogens is 220 g/mol. The van der Waals surface area contributed by atoms with Gasteiger partial charge in [-0.3, -0.25) is 0 Å². The van der Waals surface area contributed by atoms with Gasteiger partial charge in [0.2, 0.25) is 6.33 Å². The molecule has 0 bridgehead atoms. The Balaban J connectivity index is 2.08. The van der Waals surface area contributed by atoms with E-state index in [4.69, 9.17) is 0 Å². The first-order chi connectivity index (χ1) is 8.75. The second-order valence-electron chi connectivity index (χ2n) is 4.77. The molecule has 3 rings (SSSR count). The molecule has 1 heterocycles. The number of hydrogen-bond donors (Lipinski definition) is 0. The third kappa shape index (κ3) is 1.80. The van der Waals surface area contributed by atoms with E-state index in [0.717, 1.165) is 6.54 Å². The second kappa shape index (κ2) is 4.30. The van der Waals surface area contributed by atoms with Crippen LogP contribution in [0.3, 0.4) is 0 Å². The zero-order valence-electron chi connectivity index (χ0n) is 10.8. The molecule has 0 aliphatic carbocycles. The lowest BCUT2D eigenvalue weighted by Crippen LogP contribution is -2.25. The monoisotopic (exact) mass is 237 g/mol. The van der Waals surface area contributed by atoms with Gasteiger partial charge in [-0.25, -0.2) is 9.13 Å². The van der Waals surface area contributed by atoms with Crippen LogP contribution in [0.15, 0.2) is 54.9 Å². The Kier molecular flexibility index (Phi) is 2.63. The van der Waals surface area contributed by atoms with Gasteiger partial charge in [-0.15, -0.1) is 0 Å². The Morgan fingerprint density at radius 2 is 1.72 bits per heavy atom. The molecule has 0 saturated heterocycles. The molecule has 2 heteroatoms. The number of benzene rings is 2. The van der Waals surface area contributed by atoms with Gasteiger partial charge < -0.3 is 0 Å². The summed E-state index contributed by atoms with van der Waals surface area (Å²) in [5.74, 6) is 0. The summed E-state index contributed by atoms with van der Waals surface area (Å²) in [6.07, 6.45) is 2.16. The lowest BCUT2D eigenvalue weighted by molar-refractivity contribution is -0.645. The van der Waals surface area contributed by atoms with E-state index in [0.29, 0.717) is 0 Å².